The van der Waals surface area contributed by atoms with Crippen LogP contribution in [-0.2, 0) is 30.0 Å². The van der Waals surface area contributed by atoms with Gasteiger partial charge in [-0.1, -0.05) is 0 Å². The van der Waals surface area contributed by atoms with Gasteiger partial charge in [-0.25, -0.2) is 23.2 Å². The maximum absolute atomic E-state index is 13.3. The molecule has 0 bridgehead atoms. The molecular weight excluding hydrogens is 564 g/mol. The summed E-state index contributed by atoms with van der Waals surface area (Å²) in [7, 11) is -1.73. The molecule has 0 saturated heterocycles. The molecule has 0 aliphatic carbocycles. The summed E-state index contributed by atoms with van der Waals surface area (Å²) in [5.74, 6) is -1.33. The Bertz CT molecular complexity index is 1660. The number of aliphatic imine (C=N–C) groups is 1. The molecule has 0 saturated carbocycles. The largest absolute Gasteiger partial charge is 0.507 e. The van der Waals surface area contributed by atoms with Gasteiger partial charge in [0.2, 0.25) is 10.9 Å². The van der Waals surface area contributed by atoms with Gasteiger partial charge in [-0.3, -0.25) is 9.52 Å². The van der Waals surface area contributed by atoms with Crippen molar-refractivity contribution in [2.45, 2.75) is 34.1 Å². The number of nitrogens with one attached hydrogen (secondary N) is 1. The van der Waals surface area contributed by atoms with Crippen LogP contribution in [0.1, 0.15) is 38.6 Å². The lowest BCUT2D eigenvalue weighted by Crippen LogP contribution is -2.21. The number of nitrogens with zero attached hydrogens (tertiary/aromatic N) is 5. The van der Waals surface area contributed by atoms with Crippen LogP contribution >= 0.6 is 0 Å². The molecule has 2 aromatic carbocycles. The minimum atomic E-state index is -2.95. The molecule has 2 N–H and O–H groups in total. The van der Waals surface area contributed by atoms with Gasteiger partial charge in [-0.05, 0) is 69.7 Å². The Morgan fingerprint density at radius 1 is 1.12 bits per heavy atom. The van der Waals surface area contributed by atoms with Crippen LogP contribution in [0, 0.1) is 6.92 Å². The molecule has 14 heteroatoms. The fraction of sp³-hybridized carbons (Fsp3) is 0.321. The van der Waals surface area contributed by atoms with Crippen LogP contribution in [0.3, 0.4) is 0 Å². The number of phenolic OH excluding ortho intramolecular Hbond substituents is 1. The number of carbonyl (C=O) groups excluding carboxylic acids is 2. The number of ether oxygens (including phenoxy) is 2. The molecule has 0 atom stereocenters. The Morgan fingerprint density at radius 3 is 2.48 bits per heavy atom. The number of rotatable bonds is 11. The van der Waals surface area contributed by atoms with Crippen LogP contribution in [0.25, 0.3) is 17.0 Å². The number of anilines is 2. The van der Waals surface area contributed by atoms with E-state index in [1.54, 1.807) is 6.92 Å². The third-order valence-corrected chi connectivity index (χ3v) is 7.07. The van der Waals surface area contributed by atoms with Crippen molar-refractivity contribution in [3.05, 3.63) is 53.4 Å². The van der Waals surface area contributed by atoms with Gasteiger partial charge in [-0.2, -0.15) is 4.68 Å². The molecule has 3 aromatic rings. The highest BCUT2D eigenvalue weighted by Crippen LogP contribution is 2.37. The molecule has 0 radical (unpaired) electrons. The Morgan fingerprint density at radius 2 is 1.86 bits per heavy atom. The van der Waals surface area contributed by atoms with Crippen molar-refractivity contribution in [1.82, 2.24) is 14.8 Å². The quantitative estimate of drug-likeness (QED) is 0.170. The first-order valence-corrected chi connectivity index (χ1v) is 14.4. The minimum Gasteiger partial charge on any atom is -0.507 e. The Balaban J connectivity index is 1.94. The molecule has 0 spiro atoms. The van der Waals surface area contributed by atoms with Crippen molar-refractivity contribution in [2.75, 3.05) is 36.4 Å². The van der Waals surface area contributed by atoms with Crippen LogP contribution in [-0.4, -0.2) is 72.9 Å². The van der Waals surface area contributed by atoms with E-state index in [1.165, 1.54) is 30.0 Å². The van der Waals surface area contributed by atoms with Crippen molar-refractivity contribution >= 4 is 51.3 Å². The van der Waals surface area contributed by atoms with Crippen LogP contribution < -0.4 is 9.62 Å². The highest BCUT2D eigenvalue weighted by atomic mass is 32.2. The lowest BCUT2D eigenvalue weighted by atomic mass is 10.1. The highest BCUT2D eigenvalue weighted by Gasteiger charge is 2.38. The maximum Gasteiger partial charge on any atom is 0.342 e. The fourth-order valence-electron chi connectivity index (χ4n) is 4.58. The topological polar surface area (TPSA) is 165 Å². The summed E-state index contributed by atoms with van der Waals surface area (Å²) >= 11 is 0. The van der Waals surface area contributed by atoms with E-state index in [0.717, 1.165) is 24.3 Å². The summed E-state index contributed by atoms with van der Waals surface area (Å²) in [5.41, 5.74) is 2.91. The first-order chi connectivity index (χ1) is 20.1. The molecule has 13 nitrogen and oxygen atoms in total. The average molecular weight is 597 g/mol. The fourth-order valence-corrected chi connectivity index (χ4v) is 4.93. The molecular formula is C28H32N6O7S. The third kappa shape index (κ3) is 6.12. The normalized spacial score (nSPS) is 13.4. The monoisotopic (exact) mass is 596 g/mol. The Kier molecular flexibility index (Phi) is 9.25. The van der Waals surface area contributed by atoms with Crippen molar-refractivity contribution in [2.24, 2.45) is 4.99 Å². The first kappa shape index (κ1) is 30.2. The number of hydrogen-bond donors (Lipinski definition) is 3. The third-order valence-electron chi connectivity index (χ3n) is 6.62. The van der Waals surface area contributed by atoms with Crippen molar-refractivity contribution in [3.63, 3.8) is 0 Å². The smallest absolute Gasteiger partial charge is 0.342 e. The number of thiol groups is 1. The molecule has 0 unspecified atom stereocenters. The molecule has 4 rings (SSSR count). The van der Waals surface area contributed by atoms with E-state index in [-0.39, 0.29) is 58.7 Å². The maximum atomic E-state index is 13.3. The van der Waals surface area contributed by atoms with E-state index in [2.05, 4.69) is 33.6 Å². The van der Waals surface area contributed by atoms with Gasteiger partial charge in [0.15, 0.2) is 17.5 Å². The molecule has 1 aliphatic rings. The molecule has 0 fully saturated rings. The van der Waals surface area contributed by atoms with E-state index >= 15 is 0 Å². The molecule has 2 heterocycles. The van der Waals surface area contributed by atoms with E-state index in [0.29, 0.717) is 5.69 Å². The molecule has 1 aromatic heterocycles. The molecule has 1 aliphatic heterocycles. The number of phenols is 1. The number of aryl methyl sites for hydroxylation is 1. The number of carbonyl (C=O) groups is 2. The van der Waals surface area contributed by atoms with Crippen LogP contribution in [0.15, 0.2) is 47.0 Å². The number of hydrogen-bond acceptors (Lipinski definition) is 11. The second kappa shape index (κ2) is 12.9. The van der Waals surface area contributed by atoms with Gasteiger partial charge in [0.25, 0.3) is 0 Å². The van der Waals surface area contributed by atoms with Gasteiger partial charge in [0.1, 0.15) is 11.3 Å². The summed E-state index contributed by atoms with van der Waals surface area (Å²) in [4.78, 5) is 37.2. The number of fused-ring (bicyclic) bond motifs is 1. The summed E-state index contributed by atoms with van der Waals surface area (Å²) in [6.45, 7) is 9.43. The number of aromatic hydroxyl groups is 1. The highest BCUT2D eigenvalue weighted by molar-refractivity contribution is 7.73. The Labute approximate surface area is 244 Å². The number of aromatic nitrogens is 3. The zero-order chi connectivity index (χ0) is 30.6. The minimum absolute atomic E-state index is 0.0128. The summed E-state index contributed by atoms with van der Waals surface area (Å²) in [6.07, 6.45) is -0.327. The SMILES string of the molecule is CCOC(=O)C1=C(CC(=O)OC)c2nc(-c3cc(N[SH](=O)=O)ccc3O)nn2/C1=N\c1ccc(N(CC)CC)cc1C. The second-order valence-corrected chi connectivity index (χ2v) is 9.91. The van der Waals surface area contributed by atoms with Crippen molar-refractivity contribution < 1.29 is 32.6 Å². The van der Waals surface area contributed by atoms with E-state index < -0.39 is 22.8 Å². The van der Waals surface area contributed by atoms with Crippen LogP contribution in [0.4, 0.5) is 17.1 Å². The van der Waals surface area contributed by atoms with Crippen LogP contribution in [0.5, 0.6) is 5.75 Å². The van der Waals surface area contributed by atoms with Gasteiger partial charge in [0.05, 0.1) is 31.4 Å². The lowest BCUT2D eigenvalue weighted by molar-refractivity contribution is -0.139. The van der Waals surface area contributed by atoms with E-state index in [1.807, 2.05) is 25.1 Å². The molecule has 0 amide bonds. The van der Waals surface area contributed by atoms with Gasteiger partial charge >= 0.3 is 11.9 Å². The predicted octanol–water partition coefficient (Wildman–Crippen LogP) is 3.22. The molecule has 222 valence electrons. The molecule has 42 heavy (non-hydrogen) atoms. The number of esters is 2. The van der Waals surface area contributed by atoms with E-state index in [9.17, 15) is 23.1 Å². The van der Waals surface area contributed by atoms with Gasteiger partial charge in [0, 0.05) is 30.0 Å². The Hall–Kier alpha value is -4.72. The van der Waals surface area contributed by atoms with Crippen molar-refractivity contribution in [3.8, 4) is 17.1 Å². The average Bonchev–Trinajstić information content (AvgIpc) is 3.50. The van der Waals surface area contributed by atoms with Gasteiger partial charge in [-0.15, -0.1) is 5.10 Å². The number of methoxy groups -OCH3 is 1. The number of benzene rings is 2. The second-order valence-electron chi connectivity index (χ2n) is 9.18. The summed E-state index contributed by atoms with van der Waals surface area (Å²) in [5, 5.41) is 15.1. The van der Waals surface area contributed by atoms with Crippen molar-refractivity contribution in [1.29, 1.82) is 0 Å². The van der Waals surface area contributed by atoms with Crippen LogP contribution in [0.2, 0.25) is 0 Å². The zero-order valence-electron chi connectivity index (χ0n) is 23.9. The lowest BCUT2D eigenvalue weighted by Gasteiger charge is -2.21. The van der Waals surface area contributed by atoms with E-state index in [4.69, 9.17) is 14.5 Å². The standard InChI is InChI=1S/C28H32N6O7S/c1-6-33(7-2)18-10-11-21(16(4)13-18)29-27-24(28(37)41-8-3)20(15-23(36)40-5)26-30-25(31-34(26)27)19-14-17(32-42(38)39)9-12-22(19)35/h9-14,35,42H,6-8,15H2,1-5H3,(H,32,38,39)/b29-27-. The van der Waals surface area contributed by atoms with Gasteiger partial charge < -0.3 is 19.5 Å². The summed E-state index contributed by atoms with van der Waals surface area (Å²) in [6, 6.07) is 9.81. The zero-order valence-corrected chi connectivity index (χ0v) is 24.8. The predicted molar refractivity (Wildman–Crippen MR) is 158 cm³/mol. The summed E-state index contributed by atoms with van der Waals surface area (Å²) < 4.78 is 36.2. The first-order valence-electron chi connectivity index (χ1n) is 13.3.